The van der Waals surface area contributed by atoms with Crippen LogP contribution in [0.4, 0.5) is 0 Å². The molecule has 0 bridgehead atoms. The van der Waals surface area contributed by atoms with Gasteiger partial charge in [-0.15, -0.1) is 0 Å². The van der Waals surface area contributed by atoms with Crippen LogP contribution in [-0.4, -0.2) is 20.1 Å². The Morgan fingerprint density at radius 2 is 2.12 bits per heavy atom. The highest BCUT2D eigenvalue weighted by molar-refractivity contribution is 5.91. The minimum atomic E-state index is -0.265. The van der Waals surface area contributed by atoms with Crippen LogP contribution in [0.15, 0.2) is 18.2 Å². The average Bonchev–Trinajstić information content (AvgIpc) is 3.09. The first kappa shape index (κ1) is 11.1. The van der Waals surface area contributed by atoms with E-state index in [1.54, 1.807) is 0 Å². The molecule has 0 aromatic heterocycles. The molecule has 3 heteroatoms. The minimum absolute atomic E-state index is 0.152. The van der Waals surface area contributed by atoms with Crippen molar-refractivity contribution < 1.29 is 9.53 Å². The summed E-state index contributed by atoms with van der Waals surface area (Å²) in [5, 5.41) is 3.34. The van der Waals surface area contributed by atoms with E-state index in [1.807, 2.05) is 26.1 Å². The standard InChI is InChI=1S/C13H17NO2/c1-9-8-10(13(14-2)6-7-13)4-5-11(9)12(15)16-3/h4-5,8,14H,6-7H2,1-3H3. The van der Waals surface area contributed by atoms with E-state index >= 15 is 0 Å². The molecule has 86 valence electrons. The quantitative estimate of drug-likeness (QED) is 0.790. The normalized spacial score (nSPS) is 16.9. The molecule has 2 rings (SSSR count). The van der Waals surface area contributed by atoms with Crippen LogP contribution >= 0.6 is 0 Å². The number of hydrogen-bond acceptors (Lipinski definition) is 3. The number of carbonyl (C=O) groups excluding carboxylic acids is 1. The summed E-state index contributed by atoms with van der Waals surface area (Å²) in [4.78, 5) is 11.4. The summed E-state index contributed by atoms with van der Waals surface area (Å²) in [6.45, 7) is 1.95. The van der Waals surface area contributed by atoms with Gasteiger partial charge in [0.2, 0.25) is 0 Å². The Labute approximate surface area is 95.8 Å². The molecule has 3 nitrogen and oxygen atoms in total. The second-order valence-corrected chi connectivity index (χ2v) is 4.35. The molecule has 0 unspecified atom stereocenters. The van der Waals surface area contributed by atoms with Crippen LogP contribution in [0, 0.1) is 6.92 Å². The Hall–Kier alpha value is -1.35. The Balaban J connectivity index is 2.33. The van der Waals surface area contributed by atoms with E-state index < -0.39 is 0 Å². The summed E-state index contributed by atoms with van der Waals surface area (Å²) in [5.74, 6) is -0.265. The number of esters is 1. The van der Waals surface area contributed by atoms with E-state index in [1.165, 1.54) is 25.5 Å². The molecule has 0 amide bonds. The van der Waals surface area contributed by atoms with Crippen molar-refractivity contribution in [3.8, 4) is 0 Å². The van der Waals surface area contributed by atoms with Gasteiger partial charge in [0.15, 0.2) is 0 Å². The van der Waals surface area contributed by atoms with Crippen molar-refractivity contribution in [1.82, 2.24) is 5.32 Å². The van der Waals surface area contributed by atoms with E-state index in [-0.39, 0.29) is 11.5 Å². The van der Waals surface area contributed by atoms with Crippen LogP contribution in [0.2, 0.25) is 0 Å². The van der Waals surface area contributed by atoms with Crippen LogP contribution in [0.25, 0.3) is 0 Å². The lowest BCUT2D eigenvalue weighted by molar-refractivity contribution is 0.0600. The molecule has 0 atom stereocenters. The molecule has 1 N–H and O–H groups in total. The summed E-state index contributed by atoms with van der Waals surface area (Å²) < 4.78 is 4.73. The largest absolute Gasteiger partial charge is 0.465 e. The number of hydrogen-bond donors (Lipinski definition) is 1. The van der Waals surface area contributed by atoms with Gasteiger partial charge in [-0.25, -0.2) is 4.79 Å². The topological polar surface area (TPSA) is 38.3 Å². The van der Waals surface area contributed by atoms with Crippen molar-refractivity contribution in [2.45, 2.75) is 25.3 Å². The van der Waals surface area contributed by atoms with Gasteiger partial charge >= 0.3 is 5.97 Å². The third-order valence-electron chi connectivity index (χ3n) is 3.41. The number of carbonyl (C=O) groups is 1. The molecule has 1 aromatic rings. The fourth-order valence-corrected chi connectivity index (χ4v) is 2.11. The molecule has 0 spiro atoms. The van der Waals surface area contributed by atoms with Crippen LogP contribution < -0.4 is 5.32 Å². The molecule has 0 saturated heterocycles. The zero-order valence-corrected chi connectivity index (χ0v) is 9.96. The third-order valence-corrected chi connectivity index (χ3v) is 3.41. The predicted molar refractivity (Wildman–Crippen MR) is 62.5 cm³/mol. The molecule has 0 heterocycles. The lowest BCUT2D eigenvalue weighted by atomic mass is 9.99. The molecule has 1 saturated carbocycles. The van der Waals surface area contributed by atoms with Gasteiger partial charge in [-0.2, -0.15) is 0 Å². The number of methoxy groups -OCH3 is 1. The second-order valence-electron chi connectivity index (χ2n) is 4.35. The minimum Gasteiger partial charge on any atom is -0.465 e. The molecular weight excluding hydrogens is 202 g/mol. The summed E-state index contributed by atoms with van der Waals surface area (Å²) in [6.07, 6.45) is 2.33. The predicted octanol–water partition coefficient (Wildman–Crippen LogP) is 1.99. The fraction of sp³-hybridized carbons (Fsp3) is 0.462. The third kappa shape index (κ3) is 1.71. The SMILES string of the molecule is CNC1(c2ccc(C(=O)OC)c(C)c2)CC1. The molecule has 0 aliphatic heterocycles. The first-order valence-electron chi connectivity index (χ1n) is 5.51. The number of aryl methyl sites for hydroxylation is 1. The van der Waals surface area contributed by atoms with E-state index in [2.05, 4.69) is 11.4 Å². The van der Waals surface area contributed by atoms with Gasteiger partial charge in [-0.3, -0.25) is 0 Å². The van der Waals surface area contributed by atoms with Crippen molar-refractivity contribution in [3.05, 3.63) is 34.9 Å². The van der Waals surface area contributed by atoms with E-state index in [0.29, 0.717) is 5.56 Å². The van der Waals surface area contributed by atoms with Crippen LogP contribution in [0.5, 0.6) is 0 Å². The number of benzene rings is 1. The lowest BCUT2D eigenvalue weighted by Crippen LogP contribution is -2.24. The second kappa shape index (κ2) is 3.91. The van der Waals surface area contributed by atoms with Gasteiger partial charge in [0.05, 0.1) is 12.7 Å². The highest BCUT2D eigenvalue weighted by Crippen LogP contribution is 2.45. The fourth-order valence-electron chi connectivity index (χ4n) is 2.11. The van der Waals surface area contributed by atoms with Crippen molar-refractivity contribution in [3.63, 3.8) is 0 Å². The average molecular weight is 219 g/mol. The van der Waals surface area contributed by atoms with Crippen LogP contribution in [-0.2, 0) is 10.3 Å². The number of rotatable bonds is 3. The molecule has 1 aromatic carbocycles. The first-order valence-corrected chi connectivity index (χ1v) is 5.51. The zero-order valence-electron chi connectivity index (χ0n) is 9.96. The molecule has 1 fully saturated rings. The van der Waals surface area contributed by atoms with Crippen molar-refractivity contribution >= 4 is 5.97 Å². The Kier molecular flexibility index (Phi) is 2.72. The Morgan fingerprint density at radius 3 is 2.56 bits per heavy atom. The van der Waals surface area contributed by atoms with E-state index in [0.717, 1.165) is 5.56 Å². The van der Waals surface area contributed by atoms with E-state index in [9.17, 15) is 4.79 Å². The lowest BCUT2D eigenvalue weighted by Gasteiger charge is -2.16. The van der Waals surface area contributed by atoms with Gasteiger partial charge < -0.3 is 10.1 Å². The molecule has 0 radical (unpaired) electrons. The first-order chi connectivity index (χ1) is 7.63. The van der Waals surface area contributed by atoms with Crippen molar-refractivity contribution in [2.24, 2.45) is 0 Å². The molecule has 16 heavy (non-hydrogen) atoms. The summed E-state index contributed by atoms with van der Waals surface area (Å²) in [5.41, 5.74) is 3.04. The van der Waals surface area contributed by atoms with Gasteiger partial charge in [-0.1, -0.05) is 12.1 Å². The highest BCUT2D eigenvalue weighted by Gasteiger charge is 2.42. The smallest absolute Gasteiger partial charge is 0.338 e. The maximum atomic E-state index is 11.4. The highest BCUT2D eigenvalue weighted by atomic mass is 16.5. The Morgan fingerprint density at radius 1 is 1.44 bits per heavy atom. The maximum absolute atomic E-state index is 11.4. The van der Waals surface area contributed by atoms with Crippen LogP contribution in [0.3, 0.4) is 0 Å². The van der Waals surface area contributed by atoms with E-state index in [4.69, 9.17) is 4.74 Å². The maximum Gasteiger partial charge on any atom is 0.338 e. The zero-order chi connectivity index (χ0) is 11.8. The molecular formula is C13H17NO2. The van der Waals surface area contributed by atoms with Gasteiger partial charge in [-0.05, 0) is 44.0 Å². The van der Waals surface area contributed by atoms with Gasteiger partial charge in [0, 0.05) is 5.54 Å². The summed E-state index contributed by atoms with van der Waals surface area (Å²) >= 11 is 0. The molecule has 1 aliphatic carbocycles. The number of nitrogens with one attached hydrogen (secondary N) is 1. The summed E-state index contributed by atoms with van der Waals surface area (Å²) in [6, 6.07) is 5.95. The van der Waals surface area contributed by atoms with Crippen LogP contribution in [0.1, 0.15) is 34.3 Å². The summed E-state index contributed by atoms with van der Waals surface area (Å²) in [7, 11) is 3.39. The van der Waals surface area contributed by atoms with Crippen molar-refractivity contribution in [1.29, 1.82) is 0 Å². The number of ether oxygens (including phenoxy) is 1. The van der Waals surface area contributed by atoms with Crippen molar-refractivity contribution in [2.75, 3.05) is 14.2 Å². The Bertz CT molecular complexity index is 422. The molecule has 1 aliphatic rings. The van der Waals surface area contributed by atoms with Gasteiger partial charge in [0.1, 0.15) is 0 Å². The van der Waals surface area contributed by atoms with Gasteiger partial charge in [0.25, 0.3) is 0 Å². The monoisotopic (exact) mass is 219 g/mol.